The first kappa shape index (κ1) is 24.3. The number of rotatable bonds is 8. The van der Waals surface area contributed by atoms with Crippen molar-refractivity contribution in [1.29, 1.82) is 0 Å². The fourth-order valence-corrected chi connectivity index (χ4v) is 2.69. The van der Waals surface area contributed by atoms with Crippen LogP contribution in [0.25, 0.3) is 0 Å². The highest BCUT2D eigenvalue weighted by Gasteiger charge is 2.26. The summed E-state index contributed by atoms with van der Waals surface area (Å²) in [5.41, 5.74) is 0.955. The van der Waals surface area contributed by atoms with Crippen LogP contribution in [0.2, 0.25) is 0 Å². The van der Waals surface area contributed by atoms with Gasteiger partial charge in [0, 0.05) is 13.6 Å². The van der Waals surface area contributed by atoms with E-state index < -0.39 is 29.6 Å². The Morgan fingerprint density at radius 3 is 2.21 bits per heavy atom. The van der Waals surface area contributed by atoms with Crippen LogP contribution in [0.4, 0.5) is 4.79 Å². The molecule has 0 spiro atoms. The van der Waals surface area contributed by atoms with Crippen molar-refractivity contribution in [3.8, 4) is 5.75 Å². The summed E-state index contributed by atoms with van der Waals surface area (Å²) in [6, 6.07) is 5.37. The average molecular weight is 409 g/mol. The number of esters is 2. The zero-order valence-electron chi connectivity index (χ0n) is 18.2. The molecular formula is C21H31NO7. The summed E-state index contributed by atoms with van der Waals surface area (Å²) in [5.74, 6) is -1.09. The lowest BCUT2D eigenvalue weighted by molar-refractivity contribution is -0.152. The third kappa shape index (κ3) is 8.01. The molecule has 0 bridgehead atoms. The maximum absolute atomic E-state index is 12.3. The Morgan fingerprint density at radius 1 is 1.03 bits per heavy atom. The molecule has 0 aliphatic rings. The van der Waals surface area contributed by atoms with E-state index in [0.717, 1.165) is 11.1 Å². The first-order chi connectivity index (χ1) is 13.5. The molecule has 0 saturated carbocycles. The molecule has 1 aromatic rings. The Bertz CT molecular complexity index is 724. The van der Waals surface area contributed by atoms with Crippen LogP contribution < -0.4 is 4.74 Å². The van der Waals surface area contributed by atoms with Crippen LogP contribution in [0.3, 0.4) is 0 Å². The molecule has 8 nitrogen and oxygen atoms in total. The van der Waals surface area contributed by atoms with Crippen LogP contribution in [0.1, 0.15) is 38.3 Å². The van der Waals surface area contributed by atoms with Gasteiger partial charge in [-0.3, -0.25) is 9.59 Å². The van der Waals surface area contributed by atoms with E-state index in [0.29, 0.717) is 5.75 Å². The quantitative estimate of drug-likeness (QED) is 0.481. The summed E-state index contributed by atoms with van der Waals surface area (Å²) in [7, 11) is 5.72. The second-order valence-electron chi connectivity index (χ2n) is 7.68. The van der Waals surface area contributed by atoms with E-state index in [2.05, 4.69) is 4.74 Å². The van der Waals surface area contributed by atoms with Gasteiger partial charge in [0.1, 0.15) is 11.4 Å². The van der Waals surface area contributed by atoms with E-state index in [-0.39, 0.29) is 19.4 Å². The second-order valence-corrected chi connectivity index (χ2v) is 7.68. The molecule has 0 radical (unpaired) electrons. The molecule has 1 aromatic carbocycles. The van der Waals surface area contributed by atoms with Crippen molar-refractivity contribution >= 4 is 18.0 Å². The van der Waals surface area contributed by atoms with Gasteiger partial charge in [-0.1, -0.05) is 6.07 Å². The van der Waals surface area contributed by atoms with Gasteiger partial charge in [-0.15, -0.1) is 0 Å². The molecule has 0 N–H and O–H groups in total. The van der Waals surface area contributed by atoms with Crippen LogP contribution in [0, 0.1) is 5.92 Å². The largest absolute Gasteiger partial charge is 0.497 e. The molecule has 0 aromatic heterocycles. The van der Waals surface area contributed by atoms with E-state index in [1.54, 1.807) is 47.1 Å². The predicted octanol–water partition coefficient (Wildman–Crippen LogP) is 2.96. The van der Waals surface area contributed by atoms with E-state index in [1.165, 1.54) is 19.1 Å². The zero-order valence-corrected chi connectivity index (χ0v) is 18.2. The van der Waals surface area contributed by atoms with Crippen LogP contribution >= 0.6 is 0 Å². The van der Waals surface area contributed by atoms with Crippen molar-refractivity contribution in [2.45, 2.75) is 45.8 Å². The molecule has 29 heavy (non-hydrogen) atoms. The first-order valence-electron chi connectivity index (χ1n) is 9.25. The summed E-state index contributed by atoms with van der Waals surface area (Å²) in [6.45, 7) is 5.63. The Labute approximate surface area is 172 Å². The minimum absolute atomic E-state index is 0.101. The minimum atomic E-state index is -0.702. The number of carbonyl (C=O) groups is 3. The standard InChI is InChI=1S/C21H31NO7/c1-21(2,3)29-20(25)22(4)13-16-11-17(26-5)9-8-14(16)10-15(19(24)28-7)12-18(23)27-6/h8-9,11,15H,10,12-13H2,1-7H3. The van der Waals surface area contributed by atoms with Crippen molar-refractivity contribution in [3.05, 3.63) is 29.3 Å². The van der Waals surface area contributed by atoms with Crippen molar-refractivity contribution in [3.63, 3.8) is 0 Å². The topological polar surface area (TPSA) is 91.4 Å². The molecule has 162 valence electrons. The van der Waals surface area contributed by atoms with Crippen molar-refractivity contribution < 1.29 is 33.3 Å². The van der Waals surface area contributed by atoms with Gasteiger partial charge in [-0.25, -0.2) is 4.79 Å². The van der Waals surface area contributed by atoms with Crippen molar-refractivity contribution in [2.75, 3.05) is 28.4 Å². The summed E-state index contributed by atoms with van der Waals surface area (Å²) < 4.78 is 20.2. The number of nitrogens with zero attached hydrogens (tertiary/aromatic N) is 1. The van der Waals surface area contributed by atoms with Crippen LogP contribution in [0.15, 0.2) is 18.2 Å². The third-order valence-corrected chi connectivity index (χ3v) is 4.17. The Hall–Kier alpha value is -2.77. The van der Waals surface area contributed by atoms with E-state index in [1.807, 2.05) is 6.07 Å². The Kier molecular flexibility index (Phi) is 8.94. The number of hydrogen-bond donors (Lipinski definition) is 0. The van der Waals surface area contributed by atoms with Gasteiger partial charge in [-0.05, 0) is 50.5 Å². The highest BCUT2D eigenvalue weighted by Crippen LogP contribution is 2.24. The molecule has 0 aliphatic heterocycles. The molecule has 8 heteroatoms. The van der Waals surface area contributed by atoms with Crippen LogP contribution in [0.5, 0.6) is 5.75 Å². The van der Waals surface area contributed by atoms with Gasteiger partial charge in [0.2, 0.25) is 0 Å². The summed E-state index contributed by atoms with van der Waals surface area (Å²) in [4.78, 5) is 37.6. The number of amides is 1. The number of ether oxygens (including phenoxy) is 4. The maximum atomic E-state index is 12.3. The van der Waals surface area contributed by atoms with Gasteiger partial charge < -0.3 is 23.8 Å². The van der Waals surface area contributed by atoms with E-state index in [4.69, 9.17) is 14.2 Å². The van der Waals surface area contributed by atoms with Crippen molar-refractivity contribution in [2.24, 2.45) is 5.92 Å². The third-order valence-electron chi connectivity index (χ3n) is 4.17. The molecule has 0 aliphatic carbocycles. The van der Waals surface area contributed by atoms with Gasteiger partial charge in [0.25, 0.3) is 0 Å². The van der Waals surface area contributed by atoms with Crippen LogP contribution in [-0.2, 0) is 36.8 Å². The molecule has 1 unspecified atom stereocenters. The van der Waals surface area contributed by atoms with Gasteiger partial charge in [-0.2, -0.15) is 0 Å². The van der Waals surface area contributed by atoms with Gasteiger partial charge in [0.05, 0.1) is 33.7 Å². The number of hydrogen-bond acceptors (Lipinski definition) is 7. The molecular weight excluding hydrogens is 378 g/mol. The lowest BCUT2D eigenvalue weighted by Crippen LogP contribution is -2.34. The summed E-state index contributed by atoms with van der Waals surface area (Å²) >= 11 is 0. The molecule has 0 saturated heterocycles. The lowest BCUT2D eigenvalue weighted by Gasteiger charge is -2.25. The first-order valence-corrected chi connectivity index (χ1v) is 9.25. The normalized spacial score (nSPS) is 12.0. The monoisotopic (exact) mass is 409 g/mol. The van der Waals surface area contributed by atoms with E-state index >= 15 is 0 Å². The molecule has 0 heterocycles. The minimum Gasteiger partial charge on any atom is -0.497 e. The predicted molar refractivity (Wildman–Crippen MR) is 107 cm³/mol. The Morgan fingerprint density at radius 2 is 1.69 bits per heavy atom. The summed E-state index contributed by atoms with van der Waals surface area (Å²) in [6.07, 6.45) is -0.315. The zero-order chi connectivity index (χ0) is 22.2. The lowest BCUT2D eigenvalue weighted by atomic mass is 9.92. The number of carbonyl (C=O) groups excluding carboxylic acids is 3. The molecule has 0 fully saturated rings. The number of methoxy groups -OCH3 is 3. The fraction of sp³-hybridized carbons (Fsp3) is 0.571. The van der Waals surface area contributed by atoms with Crippen LogP contribution in [-0.4, -0.2) is 56.9 Å². The molecule has 1 amide bonds. The van der Waals surface area contributed by atoms with E-state index in [9.17, 15) is 14.4 Å². The average Bonchev–Trinajstić information content (AvgIpc) is 2.66. The SMILES string of the molecule is COC(=O)CC(Cc1ccc(OC)cc1CN(C)C(=O)OC(C)(C)C)C(=O)OC. The fourth-order valence-electron chi connectivity index (χ4n) is 2.69. The smallest absolute Gasteiger partial charge is 0.410 e. The molecule has 1 atom stereocenters. The number of benzene rings is 1. The summed E-state index contributed by atoms with van der Waals surface area (Å²) in [5, 5.41) is 0. The molecule has 1 rings (SSSR count). The van der Waals surface area contributed by atoms with Gasteiger partial charge in [0.15, 0.2) is 0 Å². The highest BCUT2D eigenvalue weighted by atomic mass is 16.6. The Balaban J connectivity index is 3.12. The highest BCUT2D eigenvalue weighted by molar-refractivity contribution is 5.80. The van der Waals surface area contributed by atoms with Crippen molar-refractivity contribution in [1.82, 2.24) is 4.90 Å². The van der Waals surface area contributed by atoms with Gasteiger partial charge >= 0.3 is 18.0 Å². The second kappa shape index (κ2) is 10.7. The maximum Gasteiger partial charge on any atom is 0.410 e.